The van der Waals surface area contributed by atoms with Crippen molar-refractivity contribution in [1.29, 1.82) is 0 Å². The molecule has 1 amide bonds. The van der Waals surface area contributed by atoms with E-state index in [2.05, 4.69) is 20.8 Å². The fourth-order valence-electron chi connectivity index (χ4n) is 3.41. The summed E-state index contributed by atoms with van der Waals surface area (Å²) in [6, 6.07) is 6.36. The lowest BCUT2D eigenvalue weighted by Crippen LogP contribution is -2.47. The van der Waals surface area contributed by atoms with Crippen LogP contribution >= 0.6 is 27.5 Å². The number of hydrogen-bond donors (Lipinski definition) is 0. The first-order valence-electron chi connectivity index (χ1n) is 6.79. The molecular formula is C15H17BrClNO. The first kappa shape index (κ1) is 13.4. The van der Waals surface area contributed by atoms with E-state index in [1.54, 1.807) is 6.07 Å². The third kappa shape index (κ3) is 2.43. The summed E-state index contributed by atoms with van der Waals surface area (Å²) in [5.41, 5.74) is 1.77. The molecule has 3 rings (SSSR count). The van der Waals surface area contributed by atoms with Gasteiger partial charge in [-0.1, -0.05) is 33.6 Å². The molecule has 0 N–H and O–H groups in total. The van der Waals surface area contributed by atoms with E-state index in [-0.39, 0.29) is 5.91 Å². The Bertz CT molecular complexity index is 505. The second kappa shape index (κ2) is 5.10. The third-order valence-corrected chi connectivity index (χ3v) is 5.32. The Morgan fingerprint density at radius 3 is 2.58 bits per heavy atom. The number of alkyl halides is 1. The SMILES string of the molecule is Cc1ccc(Cl)cc1C(=O)N1C2CCC1CC(Br)C2. The zero-order valence-corrected chi connectivity index (χ0v) is 13.2. The van der Waals surface area contributed by atoms with E-state index in [1.807, 2.05) is 19.1 Å². The van der Waals surface area contributed by atoms with Gasteiger partial charge in [-0.25, -0.2) is 0 Å². The Morgan fingerprint density at radius 1 is 1.32 bits per heavy atom. The van der Waals surface area contributed by atoms with Crippen LogP contribution in [0.25, 0.3) is 0 Å². The topological polar surface area (TPSA) is 20.3 Å². The molecule has 19 heavy (non-hydrogen) atoms. The smallest absolute Gasteiger partial charge is 0.254 e. The van der Waals surface area contributed by atoms with Crippen LogP contribution in [0.3, 0.4) is 0 Å². The van der Waals surface area contributed by atoms with Crippen molar-refractivity contribution in [2.75, 3.05) is 0 Å². The van der Waals surface area contributed by atoms with Crippen molar-refractivity contribution >= 4 is 33.4 Å². The summed E-state index contributed by atoms with van der Waals surface area (Å²) in [7, 11) is 0. The van der Waals surface area contributed by atoms with E-state index in [4.69, 9.17) is 11.6 Å². The van der Waals surface area contributed by atoms with Crippen LogP contribution in [0.4, 0.5) is 0 Å². The van der Waals surface area contributed by atoms with Gasteiger partial charge in [0.1, 0.15) is 0 Å². The molecule has 2 bridgehead atoms. The molecule has 2 aliphatic rings. The molecule has 2 heterocycles. The summed E-state index contributed by atoms with van der Waals surface area (Å²) in [4.78, 5) is 15.5. The predicted octanol–water partition coefficient (Wildman–Crippen LogP) is 4.18. The molecule has 2 saturated heterocycles. The second-order valence-electron chi connectivity index (χ2n) is 5.63. The van der Waals surface area contributed by atoms with Crippen LogP contribution in [0.2, 0.25) is 5.02 Å². The van der Waals surface area contributed by atoms with Crippen LogP contribution in [-0.4, -0.2) is 27.7 Å². The average Bonchev–Trinajstić information content (AvgIpc) is 2.64. The number of benzene rings is 1. The van der Waals surface area contributed by atoms with E-state index in [0.29, 0.717) is 21.9 Å². The standard InChI is InChI=1S/C15H17BrClNO/c1-9-2-3-11(17)8-14(9)15(19)18-12-4-5-13(18)7-10(16)6-12/h2-3,8,10,12-13H,4-7H2,1H3. The number of amides is 1. The molecule has 1 aromatic carbocycles. The molecule has 0 saturated carbocycles. The molecule has 0 spiro atoms. The van der Waals surface area contributed by atoms with Crippen molar-refractivity contribution in [3.63, 3.8) is 0 Å². The molecule has 2 aliphatic heterocycles. The van der Waals surface area contributed by atoms with Gasteiger partial charge in [0.2, 0.25) is 0 Å². The summed E-state index contributed by atoms with van der Waals surface area (Å²) in [5.74, 6) is 0.159. The van der Waals surface area contributed by atoms with E-state index >= 15 is 0 Å². The number of halogens is 2. The predicted molar refractivity (Wildman–Crippen MR) is 81.1 cm³/mol. The highest BCUT2D eigenvalue weighted by Crippen LogP contribution is 2.39. The Morgan fingerprint density at radius 2 is 1.95 bits per heavy atom. The van der Waals surface area contributed by atoms with Gasteiger partial charge in [-0.05, 0) is 50.3 Å². The number of piperidine rings is 1. The maximum absolute atomic E-state index is 12.8. The summed E-state index contributed by atoms with van der Waals surface area (Å²) >= 11 is 9.74. The number of aryl methyl sites for hydroxylation is 1. The van der Waals surface area contributed by atoms with Gasteiger partial charge in [0.15, 0.2) is 0 Å². The summed E-state index contributed by atoms with van der Waals surface area (Å²) < 4.78 is 0. The van der Waals surface area contributed by atoms with Crippen molar-refractivity contribution in [3.05, 3.63) is 34.3 Å². The molecule has 2 atom stereocenters. The average molecular weight is 343 g/mol. The number of rotatable bonds is 1. The minimum absolute atomic E-state index is 0.159. The van der Waals surface area contributed by atoms with Crippen molar-refractivity contribution < 1.29 is 4.79 Å². The van der Waals surface area contributed by atoms with Crippen LogP contribution in [-0.2, 0) is 0 Å². The van der Waals surface area contributed by atoms with Gasteiger partial charge in [0, 0.05) is 27.5 Å². The fourth-order valence-corrected chi connectivity index (χ4v) is 4.44. The quantitative estimate of drug-likeness (QED) is 0.701. The van der Waals surface area contributed by atoms with Crippen LogP contribution < -0.4 is 0 Å². The zero-order valence-electron chi connectivity index (χ0n) is 10.9. The number of hydrogen-bond acceptors (Lipinski definition) is 1. The highest BCUT2D eigenvalue weighted by Gasteiger charge is 2.42. The molecular weight excluding hydrogens is 326 g/mol. The van der Waals surface area contributed by atoms with E-state index in [1.165, 1.54) is 0 Å². The van der Waals surface area contributed by atoms with Crippen LogP contribution in [0.5, 0.6) is 0 Å². The molecule has 0 aromatic heterocycles. The number of carbonyl (C=O) groups is 1. The van der Waals surface area contributed by atoms with Crippen LogP contribution in [0, 0.1) is 6.92 Å². The van der Waals surface area contributed by atoms with E-state index < -0.39 is 0 Å². The monoisotopic (exact) mass is 341 g/mol. The van der Waals surface area contributed by atoms with Gasteiger partial charge in [0.05, 0.1) is 0 Å². The summed E-state index contributed by atoms with van der Waals surface area (Å²) in [5, 5.41) is 0.636. The highest BCUT2D eigenvalue weighted by molar-refractivity contribution is 9.09. The highest BCUT2D eigenvalue weighted by atomic mass is 79.9. The molecule has 4 heteroatoms. The van der Waals surface area contributed by atoms with Gasteiger partial charge in [-0.15, -0.1) is 0 Å². The van der Waals surface area contributed by atoms with E-state index in [9.17, 15) is 4.79 Å². The van der Waals surface area contributed by atoms with Gasteiger partial charge in [0.25, 0.3) is 5.91 Å². The lowest BCUT2D eigenvalue weighted by molar-refractivity contribution is 0.0603. The van der Waals surface area contributed by atoms with Gasteiger partial charge in [-0.2, -0.15) is 0 Å². The Labute approximate surface area is 127 Å². The minimum Gasteiger partial charge on any atom is -0.333 e. The molecule has 2 unspecified atom stereocenters. The molecule has 0 radical (unpaired) electrons. The molecule has 1 aromatic rings. The first-order chi connectivity index (χ1) is 9.06. The molecule has 2 nitrogen and oxygen atoms in total. The largest absolute Gasteiger partial charge is 0.333 e. The Balaban J connectivity index is 1.90. The second-order valence-corrected chi connectivity index (χ2v) is 7.36. The molecule has 2 fully saturated rings. The van der Waals surface area contributed by atoms with Gasteiger partial charge >= 0.3 is 0 Å². The number of carbonyl (C=O) groups excluding carboxylic acids is 1. The van der Waals surface area contributed by atoms with Crippen LogP contribution in [0.1, 0.15) is 41.6 Å². The first-order valence-corrected chi connectivity index (χ1v) is 8.08. The summed E-state index contributed by atoms with van der Waals surface area (Å²) in [6.07, 6.45) is 4.42. The molecule has 0 aliphatic carbocycles. The lowest BCUT2D eigenvalue weighted by atomic mass is 10.00. The lowest BCUT2D eigenvalue weighted by Gasteiger charge is -2.37. The van der Waals surface area contributed by atoms with Crippen molar-refractivity contribution in [3.8, 4) is 0 Å². The minimum atomic E-state index is 0.159. The zero-order chi connectivity index (χ0) is 13.6. The normalized spacial score (nSPS) is 29.6. The van der Waals surface area contributed by atoms with Crippen molar-refractivity contribution in [1.82, 2.24) is 4.90 Å². The number of fused-ring (bicyclic) bond motifs is 2. The van der Waals surface area contributed by atoms with Crippen LogP contribution in [0.15, 0.2) is 18.2 Å². The Hall–Kier alpha value is -0.540. The number of nitrogens with zero attached hydrogens (tertiary/aromatic N) is 1. The van der Waals surface area contributed by atoms with Crippen molar-refractivity contribution in [2.45, 2.75) is 49.5 Å². The van der Waals surface area contributed by atoms with E-state index in [0.717, 1.165) is 36.8 Å². The maximum atomic E-state index is 12.8. The fraction of sp³-hybridized carbons (Fsp3) is 0.533. The summed E-state index contributed by atoms with van der Waals surface area (Å²) in [6.45, 7) is 1.97. The maximum Gasteiger partial charge on any atom is 0.254 e. The van der Waals surface area contributed by atoms with Crippen molar-refractivity contribution in [2.24, 2.45) is 0 Å². The third-order valence-electron chi connectivity index (χ3n) is 4.34. The Kier molecular flexibility index (Phi) is 3.61. The molecule has 102 valence electrons. The van der Waals surface area contributed by atoms with Gasteiger partial charge in [-0.3, -0.25) is 4.79 Å². The van der Waals surface area contributed by atoms with Gasteiger partial charge < -0.3 is 4.90 Å².